The predicted molar refractivity (Wildman–Crippen MR) is 67.6 cm³/mol. The first kappa shape index (κ1) is 12.9. The maximum absolute atomic E-state index is 8.65. The van der Waals surface area contributed by atoms with Gasteiger partial charge in [-0.25, -0.2) is 4.98 Å². The van der Waals surface area contributed by atoms with Crippen LogP contribution in [0, 0.1) is 11.3 Å². The molecule has 0 saturated heterocycles. The molecule has 0 aliphatic rings. The first-order valence-electron chi connectivity index (χ1n) is 5.44. The molecule has 0 aliphatic carbocycles. The molecule has 0 fully saturated rings. The van der Waals surface area contributed by atoms with Crippen LogP contribution in [0.4, 0.5) is 5.13 Å². The molecule has 1 N–H and O–H groups in total. The van der Waals surface area contributed by atoms with E-state index < -0.39 is 0 Å². The van der Waals surface area contributed by atoms with E-state index in [1.165, 1.54) is 0 Å². The fraction of sp³-hybridized carbons (Fsp3) is 0.636. The van der Waals surface area contributed by atoms with Gasteiger partial charge in [-0.05, 0) is 13.5 Å². The second-order valence-electron chi connectivity index (χ2n) is 3.72. The number of rotatable bonds is 6. The van der Waals surface area contributed by atoms with E-state index in [1.807, 2.05) is 14.0 Å². The summed E-state index contributed by atoms with van der Waals surface area (Å²) >= 11 is 1.63. The van der Waals surface area contributed by atoms with Gasteiger partial charge in [0.25, 0.3) is 0 Å². The minimum absolute atomic E-state index is 0.211. The van der Waals surface area contributed by atoms with Crippen LogP contribution in [0.2, 0.25) is 0 Å². The number of aromatic nitrogens is 1. The molecule has 0 saturated carbocycles. The SMILES string of the molecule is CCNCc1csc(N(C)C(C)CC#N)n1. The van der Waals surface area contributed by atoms with Gasteiger partial charge in [-0.2, -0.15) is 5.26 Å². The minimum Gasteiger partial charge on any atom is -0.347 e. The van der Waals surface area contributed by atoms with Crippen molar-refractivity contribution in [3.63, 3.8) is 0 Å². The molecule has 1 aromatic heterocycles. The molecular formula is C11H18N4S. The Balaban J connectivity index is 2.59. The highest BCUT2D eigenvalue weighted by Gasteiger charge is 2.12. The van der Waals surface area contributed by atoms with Gasteiger partial charge in [0.15, 0.2) is 5.13 Å². The lowest BCUT2D eigenvalue weighted by Crippen LogP contribution is -2.28. The predicted octanol–water partition coefficient (Wildman–Crippen LogP) is 1.99. The molecule has 5 heteroatoms. The maximum Gasteiger partial charge on any atom is 0.185 e. The smallest absolute Gasteiger partial charge is 0.185 e. The number of hydrogen-bond acceptors (Lipinski definition) is 5. The molecule has 4 nitrogen and oxygen atoms in total. The van der Waals surface area contributed by atoms with Crippen LogP contribution in [0.5, 0.6) is 0 Å². The molecular weight excluding hydrogens is 220 g/mol. The van der Waals surface area contributed by atoms with E-state index in [9.17, 15) is 0 Å². The standard InChI is InChI=1S/C11H18N4S/c1-4-13-7-10-8-16-11(14-10)15(3)9(2)5-6-12/h8-9,13H,4-5,7H2,1-3H3. The van der Waals surface area contributed by atoms with Gasteiger partial charge in [0, 0.05) is 25.0 Å². The van der Waals surface area contributed by atoms with Gasteiger partial charge in [-0.1, -0.05) is 6.92 Å². The molecule has 0 aromatic carbocycles. The van der Waals surface area contributed by atoms with E-state index in [0.29, 0.717) is 6.42 Å². The third kappa shape index (κ3) is 3.47. The summed E-state index contributed by atoms with van der Waals surface area (Å²) in [6.45, 7) is 5.88. The van der Waals surface area contributed by atoms with Crippen LogP contribution in [0.3, 0.4) is 0 Å². The summed E-state index contributed by atoms with van der Waals surface area (Å²) in [5, 5.41) is 14.9. The summed E-state index contributed by atoms with van der Waals surface area (Å²) in [5.74, 6) is 0. The van der Waals surface area contributed by atoms with Gasteiger partial charge >= 0.3 is 0 Å². The summed E-state index contributed by atoms with van der Waals surface area (Å²) in [5.41, 5.74) is 1.07. The highest BCUT2D eigenvalue weighted by Crippen LogP contribution is 2.21. The largest absolute Gasteiger partial charge is 0.347 e. The lowest BCUT2D eigenvalue weighted by atomic mass is 10.2. The Hall–Kier alpha value is -1.12. The highest BCUT2D eigenvalue weighted by atomic mass is 32.1. The molecule has 0 amide bonds. The van der Waals surface area contributed by atoms with Crippen LogP contribution in [0.1, 0.15) is 26.0 Å². The second-order valence-corrected chi connectivity index (χ2v) is 4.56. The van der Waals surface area contributed by atoms with Crippen LogP contribution in [-0.2, 0) is 6.54 Å². The zero-order chi connectivity index (χ0) is 12.0. The van der Waals surface area contributed by atoms with E-state index in [2.05, 4.69) is 33.6 Å². The average molecular weight is 238 g/mol. The molecule has 0 radical (unpaired) electrons. The van der Waals surface area contributed by atoms with Crippen molar-refractivity contribution >= 4 is 16.5 Å². The summed E-state index contributed by atoms with van der Waals surface area (Å²) < 4.78 is 0. The van der Waals surface area contributed by atoms with Crippen LogP contribution < -0.4 is 10.2 Å². The van der Waals surface area contributed by atoms with E-state index in [4.69, 9.17) is 5.26 Å². The van der Waals surface area contributed by atoms with Crippen molar-refractivity contribution in [2.45, 2.75) is 32.9 Å². The van der Waals surface area contributed by atoms with Crippen molar-refractivity contribution in [1.29, 1.82) is 5.26 Å². The number of nitrogens with zero attached hydrogens (tertiary/aromatic N) is 3. The number of anilines is 1. The van der Waals surface area contributed by atoms with Crippen molar-refractivity contribution < 1.29 is 0 Å². The van der Waals surface area contributed by atoms with Crippen LogP contribution in [-0.4, -0.2) is 24.6 Å². The Morgan fingerprint density at radius 3 is 3.06 bits per heavy atom. The third-order valence-electron chi connectivity index (χ3n) is 2.45. The normalized spacial score (nSPS) is 12.1. The molecule has 16 heavy (non-hydrogen) atoms. The van der Waals surface area contributed by atoms with Gasteiger partial charge in [0.2, 0.25) is 0 Å². The van der Waals surface area contributed by atoms with E-state index in [-0.39, 0.29) is 6.04 Å². The fourth-order valence-corrected chi connectivity index (χ4v) is 2.14. The molecule has 1 unspecified atom stereocenters. The van der Waals surface area contributed by atoms with Crippen molar-refractivity contribution in [2.75, 3.05) is 18.5 Å². The van der Waals surface area contributed by atoms with Gasteiger partial charge in [-0.3, -0.25) is 0 Å². The minimum atomic E-state index is 0.211. The lowest BCUT2D eigenvalue weighted by molar-refractivity contribution is 0.689. The monoisotopic (exact) mass is 238 g/mol. The van der Waals surface area contributed by atoms with Crippen molar-refractivity contribution in [1.82, 2.24) is 10.3 Å². The van der Waals surface area contributed by atoms with Gasteiger partial charge < -0.3 is 10.2 Å². The Morgan fingerprint density at radius 1 is 1.69 bits per heavy atom. The molecule has 0 aliphatic heterocycles. The summed E-state index contributed by atoms with van der Waals surface area (Å²) in [6, 6.07) is 2.39. The Kier molecular flexibility index (Phi) is 5.23. The Labute approximate surface area is 101 Å². The molecule has 1 aromatic rings. The quantitative estimate of drug-likeness (QED) is 0.823. The molecule has 1 atom stereocenters. The van der Waals surface area contributed by atoms with E-state index in [1.54, 1.807) is 11.3 Å². The van der Waals surface area contributed by atoms with Gasteiger partial charge in [0.05, 0.1) is 18.2 Å². The fourth-order valence-electron chi connectivity index (χ4n) is 1.25. The first-order chi connectivity index (χ1) is 7.69. The number of thiazole rings is 1. The zero-order valence-corrected chi connectivity index (χ0v) is 10.8. The molecule has 0 bridgehead atoms. The third-order valence-corrected chi connectivity index (χ3v) is 3.43. The zero-order valence-electron chi connectivity index (χ0n) is 10.0. The highest BCUT2D eigenvalue weighted by molar-refractivity contribution is 7.13. The average Bonchev–Trinajstić information content (AvgIpc) is 2.74. The lowest BCUT2D eigenvalue weighted by Gasteiger charge is -2.21. The first-order valence-corrected chi connectivity index (χ1v) is 6.31. The van der Waals surface area contributed by atoms with E-state index >= 15 is 0 Å². The topological polar surface area (TPSA) is 52.0 Å². The van der Waals surface area contributed by atoms with Crippen molar-refractivity contribution in [3.8, 4) is 6.07 Å². The Morgan fingerprint density at radius 2 is 2.44 bits per heavy atom. The van der Waals surface area contributed by atoms with Crippen LogP contribution in [0.15, 0.2) is 5.38 Å². The number of nitriles is 1. The van der Waals surface area contributed by atoms with E-state index in [0.717, 1.165) is 23.9 Å². The summed E-state index contributed by atoms with van der Waals surface area (Å²) in [7, 11) is 1.98. The van der Waals surface area contributed by atoms with Gasteiger partial charge in [-0.15, -0.1) is 11.3 Å². The number of nitrogens with one attached hydrogen (secondary N) is 1. The Bertz CT molecular complexity index is 355. The van der Waals surface area contributed by atoms with Gasteiger partial charge in [0.1, 0.15) is 0 Å². The molecule has 1 rings (SSSR count). The summed E-state index contributed by atoms with van der Waals surface area (Å²) in [4.78, 5) is 6.58. The molecule has 0 spiro atoms. The number of hydrogen-bond donors (Lipinski definition) is 1. The van der Waals surface area contributed by atoms with Crippen molar-refractivity contribution in [3.05, 3.63) is 11.1 Å². The molecule has 88 valence electrons. The van der Waals surface area contributed by atoms with Crippen LogP contribution >= 0.6 is 11.3 Å². The second kappa shape index (κ2) is 6.46. The molecule has 1 heterocycles. The van der Waals surface area contributed by atoms with Crippen molar-refractivity contribution in [2.24, 2.45) is 0 Å². The van der Waals surface area contributed by atoms with Crippen LogP contribution in [0.25, 0.3) is 0 Å². The maximum atomic E-state index is 8.65. The summed E-state index contributed by atoms with van der Waals surface area (Å²) in [6.07, 6.45) is 0.526.